The van der Waals surface area contributed by atoms with Crippen LogP contribution in [-0.4, -0.2) is 22.8 Å². The predicted molar refractivity (Wildman–Crippen MR) is 60.5 cm³/mol. The van der Waals surface area contributed by atoms with Crippen LogP contribution in [0.4, 0.5) is 0 Å². The fourth-order valence-corrected chi connectivity index (χ4v) is 2.74. The minimum Gasteiger partial charge on any atom is -0.292 e. The monoisotopic (exact) mass is 189 g/mol. The molecule has 12 heavy (non-hydrogen) atoms. The lowest BCUT2D eigenvalue weighted by molar-refractivity contribution is 0.0327. The molecule has 0 spiro atoms. The first kappa shape index (κ1) is 12.4. The molecule has 3 atom stereocenters. The first-order valence-corrected chi connectivity index (χ1v) is 5.86. The molecule has 1 aliphatic rings. The second-order valence-corrected chi connectivity index (χ2v) is 4.18. The highest BCUT2D eigenvalue weighted by atomic mass is 31.0. The lowest BCUT2D eigenvalue weighted by Gasteiger charge is -2.49. The summed E-state index contributed by atoms with van der Waals surface area (Å²) in [4.78, 5) is 2.57. The lowest BCUT2D eigenvalue weighted by Crippen LogP contribution is -2.55. The van der Waals surface area contributed by atoms with Crippen molar-refractivity contribution in [3.8, 4) is 0 Å². The third kappa shape index (κ3) is 2.71. The number of rotatable bonds is 2. The van der Waals surface area contributed by atoms with Gasteiger partial charge in [0.2, 0.25) is 0 Å². The number of hydrogen-bond donors (Lipinski definition) is 0. The summed E-state index contributed by atoms with van der Waals surface area (Å²) in [6.07, 6.45) is 2.68. The van der Waals surface area contributed by atoms with Crippen molar-refractivity contribution < 1.29 is 0 Å². The Hall–Kier alpha value is 0.390. The van der Waals surface area contributed by atoms with Gasteiger partial charge in [0.15, 0.2) is 0 Å². The van der Waals surface area contributed by atoms with E-state index in [1.54, 1.807) is 0 Å². The summed E-state index contributed by atoms with van der Waals surface area (Å²) in [5, 5.41) is 0. The Morgan fingerprint density at radius 1 is 1.42 bits per heavy atom. The lowest BCUT2D eigenvalue weighted by atomic mass is 9.98. The Labute approximate surface area is 80.1 Å². The van der Waals surface area contributed by atoms with Crippen molar-refractivity contribution in [2.45, 2.75) is 65.3 Å². The van der Waals surface area contributed by atoms with Gasteiger partial charge in [-0.15, -0.1) is 9.24 Å². The van der Waals surface area contributed by atoms with E-state index in [4.69, 9.17) is 0 Å². The van der Waals surface area contributed by atoms with Crippen molar-refractivity contribution in [1.82, 2.24) is 4.90 Å². The van der Waals surface area contributed by atoms with Gasteiger partial charge in [-0.25, -0.2) is 0 Å². The standard InChI is InChI=1S/C8H18NP.C2H6/c1-4-7-5-8(10)9(7)6(2)3;1-2/h6-8H,4-5,10H2,1-3H3;1-2H3. The van der Waals surface area contributed by atoms with E-state index in [2.05, 4.69) is 34.9 Å². The Kier molecular flexibility index (Phi) is 6.13. The topological polar surface area (TPSA) is 3.24 Å². The first-order valence-electron chi connectivity index (χ1n) is 5.19. The summed E-state index contributed by atoms with van der Waals surface area (Å²) in [6, 6.07) is 1.59. The molecule has 3 unspecified atom stereocenters. The molecular weight excluding hydrogens is 165 g/mol. The molecule has 1 nitrogen and oxygen atoms in total. The fourth-order valence-electron chi connectivity index (χ4n) is 1.84. The number of hydrogen-bond acceptors (Lipinski definition) is 1. The zero-order chi connectivity index (χ0) is 9.72. The summed E-state index contributed by atoms with van der Waals surface area (Å²) in [5.74, 6) is 0.755. The van der Waals surface area contributed by atoms with Gasteiger partial charge in [0, 0.05) is 17.9 Å². The van der Waals surface area contributed by atoms with Crippen LogP contribution in [0.1, 0.15) is 47.5 Å². The van der Waals surface area contributed by atoms with Gasteiger partial charge in [-0.1, -0.05) is 20.8 Å². The Morgan fingerprint density at radius 2 is 1.92 bits per heavy atom. The van der Waals surface area contributed by atoms with Gasteiger partial charge in [0.25, 0.3) is 0 Å². The maximum absolute atomic E-state index is 2.91. The molecule has 1 saturated heterocycles. The van der Waals surface area contributed by atoms with Crippen LogP contribution in [0.15, 0.2) is 0 Å². The van der Waals surface area contributed by atoms with Crippen molar-refractivity contribution in [2.75, 3.05) is 0 Å². The van der Waals surface area contributed by atoms with E-state index in [-0.39, 0.29) is 0 Å². The molecule has 0 N–H and O–H groups in total. The zero-order valence-corrected chi connectivity index (χ0v) is 10.3. The minimum atomic E-state index is 0.723. The van der Waals surface area contributed by atoms with E-state index >= 15 is 0 Å². The highest BCUT2D eigenvalue weighted by Gasteiger charge is 2.35. The van der Waals surface area contributed by atoms with Gasteiger partial charge in [-0.05, 0) is 26.7 Å². The Bertz CT molecular complexity index is 110. The summed E-state index contributed by atoms with van der Waals surface area (Å²) in [5.41, 5.74) is 0. The molecule has 1 rings (SSSR count). The number of likely N-dealkylation sites (tertiary alicyclic amines) is 1. The average Bonchev–Trinajstić information content (AvgIpc) is 2.02. The van der Waals surface area contributed by atoms with Gasteiger partial charge in [-0.2, -0.15) is 0 Å². The molecule has 74 valence electrons. The summed E-state index contributed by atoms with van der Waals surface area (Å²) < 4.78 is 0. The van der Waals surface area contributed by atoms with E-state index in [1.807, 2.05) is 13.8 Å². The van der Waals surface area contributed by atoms with Crippen LogP contribution in [0.2, 0.25) is 0 Å². The second-order valence-electron chi connectivity index (χ2n) is 3.41. The molecular formula is C10H24NP. The van der Waals surface area contributed by atoms with E-state index in [0.29, 0.717) is 0 Å². The van der Waals surface area contributed by atoms with Gasteiger partial charge in [-0.3, -0.25) is 4.90 Å². The van der Waals surface area contributed by atoms with E-state index in [0.717, 1.165) is 17.9 Å². The van der Waals surface area contributed by atoms with Crippen LogP contribution in [0.3, 0.4) is 0 Å². The maximum Gasteiger partial charge on any atom is 0.0259 e. The summed E-state index contributed by atoms with van der Waals surface area (Å²) in [6.45, 7) is 10.8. The van der Waals surface area contributed by atoms with Crippen LogP contribution in [-0.2, 0) is 0 Å². The first-order chi connectivity index (χ1) is 5.66. The third-order valence-corrected chi connectivity index (χ3v) is 3.00. The Morgan fingerprint density at radius 3 is 2.08 bits per heavy atom. The quantitative estimate of drug-likeness (QED) is 0.603. The molecule has 0 bridgehead atoms. The highest BCUT2D eigenvalue weighted by Crippen LogP contribution is 2.33. The predicted octanol–water partition coefficient (Wildman–Crippen LogP) is 3.11. The van der Waals surface area contributed by atoms with Crippen molar-refractivity contribution in [3.63, 3.8) is 0 Å². The van der Waals surface area contributed by atoms with Crippen LogP contribution < -0.4 is 0 Å². The fraction of sp³-hybridized carbons (Fsp3) is 1.00. The van der Waals surface area contributed by atoms with E-state index < -0.39 is 0 Å². The molecule has 0 amide bonds. The van der Waals surface area contributed by atoms with Gasteiger partial charge < -0.3 is 0 Å². The molecule has 0 radical (unpaired) electrons. The molecule has 1 aliphatic heterocycles. The maximum atomic E-state index is 2.91. The highest BCUT2D eigenvalue weighted by molar-refractivity contribution is 7.17. The Balaban J connectivity index is 0.000000561. The van der Waals surface area contributed by atoms with Crippen molar-refractivity contribution >= 4 is 9.24 Å². The molecule has 2 heteroatoms. The average molecular weight is 189 g/mol. The minimum absolute atomic E-state index is 0.723. The third-order valence-electron chi connectivity index (χ3n) is 2.39. The molecule has 1 heterocycles. The van der Waals surface area contributed by atoms with Gasteiger partial charge in [0.05, 0.1) is 0 Å². The smallest absolute Gasteiger partial charge is 0.0259 e. The van der Waals surface area contributed by atoms with Crippen molar-refractivity contribution in [1.29, 1.82) is 0 Å². The summed E-state index contributed by atoms with van der Waals surface area (Å²) >= 11 is 0. The van der Waals surface area contributed by atoms with Crippen LogP contribution >= 0.6 is 9.24 Å². The van der Waals surface area contributed by atoms with Crippen LogP contribution in [0.25, 0.3) is 0 Å². The van der Waals surface area contributed by atoms with Crippen molar-refractivity contribution in [3.05, 3.63) is 0 Å². The molecule has 0 saturated carbocycles. The second kappa shape index (κ2) is 5.94. The zero-order valence-electron chi connectivity index (χ0n) is 9.17. The molecule has 0 aromatic carbocycles. The van der Waals surface area contributed by atoms with E-state index in [9.17, 15) is 0 Å². The molecule has 1 fully saturated rings. The normalized spacial score (nSPS) is 29.2. The molecule has 0 aromatic rings. The van der Waals surface area contributed by atoms with Gasteiger partial charge in [0.1, 0.15) is 0 Å². The van der Waals surface area contributed by atoms with Gasteiger partial charge >= 0.3 is 0 Å². The SMILES string of the molecule is CC.CCC1CC(P)N1C(C)C. The molecule has 0 aromatic heterocycles. The number of nitrogens with zero attached hydrogens (tertiary/aromatic N) is 1. The summed E-state index contributed by atoms with van der Waals surface area (Å²) in [7, 11) is 2.91. The van der Waals surface area contributed by atoms with Crippen molar-refractivity contribution in [2.24, 2.45) is 0 Å². The molecule has 0 aliphatic carbocycles. The van der Waals surface area contributed by atoms with Crippen LogP contribution in [0.5, 0.6) is 0 Å². The van der Waals surface area contributed by atoms with Crippen LogP contribution in [0, 0.1) is 0 Å². The van der Waals surface area contributed by atoms with E-state index in [1.165, 1.54) is 12.8 Å². The largest absolute Gasteiger partial charge is 0.292 e.